The lowest BCUT2D eigenvalue weighted by Crippen LogP contribution is -2.72. The summed E-state index contributed by atoms with van der Waals surface area (Å²) in [4.78, 5) is 39.8. The smallest absolute Gasteiger partial charge is 0.339 e. The topological polar surface area (TPSA) is 116 Å². The molecule has 2 saturated carbocycles. The number of carbonyl (C=O) groups excluding carboxylic acids is 3. The van der Waals surface area contributed by atoms with Gasteiger partial charge < -0.3 is 23.7 Å². The van der Waals surface area contributed by atoms with Crippen LogP contribution in [0.2, 0.25) is 0 Å². The number of ether oxygens (including phenoxy) is 3. The normalized spacial score (nSPS) is 51.1. The van der Waals surface area contributed by atoms with E-state index in [0.29, 0.717) is 12.8 Å². The highest BCUT2D eigenvalue weighted by Gasteiger charge is 2.88. The molecule has 4 heterocycles. The molecule has 3 saturated heterocycles. The van der Waals surface area contributed by atoms with E-state index in [2.05, 4.69) is 0 Å². The van der Waals surface area contributed by atoms with Gasteiger partial charge in [0.2, 0.25) is 0 Å². The molecule has 2 aliphatic carbocycles. The second-order valence-electron chi connectivity index (χ2n) is 12.2. The van der Waals surface area contributed by atoms with Crippen LogP contribution < -0.4 is 0 Å². The number of Topliss-reactive ketones (excluding diaryl/α,β-unsaturated/α-hetero) is 1. The summed E-state index contributed by atoms with van der Waals surface area (Å²) in [6.07, 6.45) is 1.99. The molecule has 0 bridgehead atoms. The van der Waals surface area contributed by atoms with E-state index in [0.717, 1.165) is 5.56 Å². The molecule has 0 amide bonds. The Bertz CT molecular complexity index is 1090. The van der Waals surface area contributed by atoms with E-state index < -0.39 is 57.7 Å². The summed E-state index contributed by atoms with van der Waals surface area (Å²) in [6.45, 7) is 9.61. The summed E-state index contributed by atoms with van der Waals surface area (Å²) in [5.41, 5.74) is -3.69. The van der Waals surface area contributed by atoms with E-state index in [9.17, 15) is 19.5 Å². The first-order valence-corrected chi connectivity index (χ1v) is 12.2. The van der Waals surface area contributed by atoms with Gasteiger partial charge in [-0.1, -0.05) is 13.8 Å². The maximum Gasteiger partial charge on any atom is 0.339 e. The lowest BCUT2D eigenvalue weighted by molar-refractivity contribution is -0.231. The number of rotatable bonds is 1. The third kappa shape index (κ3) is 2.25. The number of epoxide rings is 1. The molecule has 0 radical (unpaired) electrons. The Morgan fingerprint density at radius 2 is 1.74 bits per heavy atom. The predicted molar refractivity (Wildman–Crippen MR) is 116 cm³/mol. The van der Waals surface area contributed by atoms with E-state index in [4.69, 9.17) is 18.6 Å². The molecular weight excluding hydrogens is 440 g/mol. The van der Waals surface area contributed by atoms with Crippen molar-refractivity contribution in [2.75, 3.05) is 0 Å². The van der Waals surface area contributed by atoms with Crippen LogP contribution in [0.15, 0.2) is 23.0 Å². The van der Waals surface area contributed by atoms with E-state index in [1.807, 2.05) is 34.6 Å². The summed E-state index contributed by atoms with van der Waals surface area (Å²) < 4.78 is 23.2. The Labute approximate surface area is 198 Å². The molecule has 5 fully saturated rings. The first-order valence-electron chi connectivity index (χ1n) is 12.2. The van der Waals surface area contributed by atoms with Crippen LogP contribution in [-0.4, -0.2) is 46.2 Å². The molecule has 1 aromatic heterocycles. The van der Waals surface area contributed by atoms with Crippen molar-refractivity contribution in [2.45, 2.75) is 89.8 Å². The molecule has 8 heteroatoms. The van der Waals surface area contributed by atoms with Crippen LogP contribution in [0.5, 0.6) is 0 Å². The molecule has 1 spiro atoms. The Morgan fingerprint density at radius 1 is 1.00 bits per heavy atom. The summed E-state index contributed by atoms with van der Waals surface area (Å²) >= 11 is 0. The van der Waals surface area contributed by atoms with Crippen molar-refractivity contribution in [1.29, 1.82) is 0 Å². The van der Waals surface area contributed by atoms with Crippen LogP contribution in [0, 0.1) is 28.1 Å². The number of fused-ring (bicyclic) bond motifs is 3. The summed E-state index contributed by atoms with van der Waals surface area (Å²) in [6, 6.07) is 1.79. The van der Waals surface area contributed by atoms with Crippen molar-refractivity contribution in [2.24, 2.45) is 28.1 Å². The van der Waals surface area contributed by atoms with Gasteiger partial charge in [-0.2, -0.15) is 0 Å². The van der Waals surface area contributed by atoms with Gasteiger partial charge in [-0.15, -0.1) is 0 Å². The number of hydrogen-bond acceptors (Lipinski definition) is 8. The van der Waals surface area contributed by atoms with Crippen LogP contribution >= 0.6 is 0 Å². The molecule has 184 valence electrons. The zero-order chi connectivity index (χ0) is 24.5. The van der Waals surface area contributed by atoms with E-state index in [1.165, 1.54) is 0 Å². The van der Waals surface area contributed by atoms with Crippen molar-refractivity contribution < 1.29 is 38.1 Å². The third-order valence-corrected chi connectivity index (χ3v) is 10.5. The van der Waals surface area contributed by atoms with Gasteiger partial charge >= 0.3 is 11.9 Å². The average Bonchev–Trinajstić information content (AvgIpc) is 3.33. The predicted octanol–water partition coefficient (Wildman–Crippen LogP) is 3.12. The molecule has 0 unspecified atom stereocenters. The number of aliphatic hydroxyl groups is 1. The Balaban J connectivity index is 1.53. The van der Waals surface area contributed by atoms with Crippen LogP contribution in [0.1, 0.15) is 72.0 Å². The Kier molecular flexibility index (Phi) is 4.14. The minimum Gasteiger partial charge on any atom is -0.472 e. The highest BCUT2D eigenvalue weighted by molar-refractivity contribution is 5.93. The fourth-order valence-corrected chi connectivity index (χ4v) is 8.90. The number of furan rings is 1. The second-order valence-corrected chi connectivity index (χ2v) is 12.2. The number of cyclic esters (lactones) is 2. The number of hydrogen-bond donors (Lipinski definition) is 1. The zero-order valence-corrected chi connectivity index (χ0v) is 20.3. The SMILES string of the molecule is CC1(C)OC(=O)C[C@H](O)[C@@]2(C)[C@@H]1CC(=O)[C@]1(C)[C@H]2CC[C@@]2(C)[C@H](c3ccoc3)OC(=O)[C@H]3O[C@]321. The van der Waals surface area contributed by atoms with Crippen LogP contribution in [0.25, 0.3) is 0 Å². The molecule has 9 atom stereocenters. The van der Waals surface area contributed by atoms with Gasteiger partial charge in [0.1, 0.15) is 23.1 Å². The van der Waals surface area contributed by atoms with Gasteiger partial charge in [0, 0.05) is 28.7 Å². The number of aliphatic hydroxyl groups excluding tert-OH is 1. The van der Waals surface area contributed by atoms with Crippen molar-refractivity contribution >= 4 is 17.7 Å². The standard InChI is InChI=1S/C26H32O8/c1-22(2)15-10-17(28)25(5)14(24(15,4)16(27)11-18(29)33-22)6-8-23(3)19(13-7-9-31-12-13)32-21(30)20-26(23,25)34-20/h7,9,12,14-16,19-20,27H,6,8,10-11H2,1-5H3/t14-,15+,16-,19-,20+,23-,24+,25-,26+/m0/s1. The Hall–Kier alpha value is -2.19. The van der Waals surface area contributed by atoms with Crippen LogP contribution in [-0.2, 0) is 28.6 Å². The Morgan fingerprint density at radius 3 is 2.41 bits per heavy atom. The monoisotopic (exact) mass is 472 g/mol. The summed E-state index contributed by atoms with van der Waals surface area (Å²) in [7, 11) is 0. The van der Waals surface area contributed by atoms with Gasteiger partial charge in [0.15, 0.2) is 6.10 Å². The molecule has 3 aliphatic heterocycles. The minimum atomic E-state index is -1.05. The van der Waals surface area contributed by atoms with Gasteiger partial charge in [0.25, 0.3) is 0 Å². The molecule has 1 N–H and O–H groups in total. The number of ketones is 1. The van der Waals surface area contributed by atoms with E-state index in [-0.39, 0.29) is 30.5 Å². The maximum atomic E-state index is 14.2. The first kappa shape index (κ1) is 22.3. The fraction of sp³-hybridized carbons (Fsp3) is 0.731. The van der Waals surface area contributed by atoms with Gasteiger partial charge in [-0.3, -0.25) is 9.59 Å². The molecule has 6 rings (SSSR count). The highest BCUT2D eigenvalue weighted by atomic mass is 16.7. The highest BCUT2D eigenvalue weighted by Crippen LogP contribution is 2.78. The molecular formula is C26H32O8. The summed E-state index contributed by atoms with van der Waals surface area (Å²) in [5, 5.41) is 11.4. The second kappa shape index (κ2) is 6.32. The van der Waals surface area contributed by atoms with E-state index >= 15 is 0 Å². The van der Waals surface area contributed by atoms with Crippen molar-refractivity contribution in [3.8, 4) is 0 Å². The fourth-order valence-electron chi connectivity index (χ4n) is 8.90. The van der Waals surface area contributed by atoms with Crippen LogP contribution in [0.3, 0.4) is 0 Å². The number of carbonyl (C=O) groups is 3. The first-order chi connectivity index (χ1) is 15.8. The zero-order valence-electron chi connectivity index (χ0n) is 20.3. The maximum absolute atomic E-state index is 14.2. The van der Waals surface area contributed by atoms with Crippen LogP contribution in [0.4, 0.5) is 0 Å². The quantitative estimate of drug-likeness (QED) is 0.490. The lowest BCUT2D eigenvalue weighted by atomic mass is 9.37. The van der Waals surface area contributed by atoms with Gasteiger partial charge in [0.05, 0.1) is 30.5 Å². The summed E-state index contributed by atoms with van der Waals surface area (Å²) in [5.74, 6) is -1.59. The average molecular weight is 473 g/mol. The minimum absolute atomic E-state index is 0.00716. The van der Waals surface area contributed by atoms with Crippen molar-refractivity contribution in [3.63, 3.8) is 0 Å². The molecule has 0 aromatic carbocycles. The van der Waals surface area contributed by atoms with Crippen molar-refractivity contribution in [1.82, 2.24) is 0 Å². The number of esters is 2. The third-order valence-electron chi connectivity index (χ3n) is 10.5. The van der Waals surface area contributed by atoms with E-state index in [1.54, 1.807) is 18.6 Å². The molecule has 8 nitrogen and oxygen atoms in total. The molecule has 1 aromatic rings. The van der Waals surface area contributed by atoms with Gasteiger partial charge in [-0.25, -0.2) is 4.79 Å². The largest absolute Gasteiger partial charge is 0.472 e. The van der Waals surface area contributed by atoms with Crippen molar-refractivity contribution in [3.05, 3.63) is 24.2 Å². The molecule has 5 aliphatic rings. The molecule has 34 heavy (non-hydrogen) atoms. The lowest BCUT2D eigenvalue weighted by Gasteiger charge is -2.66. The van der Waals surface area contributed by atoms with Gasteiger partial charge in [-0.05, 0) is 45.6 Å².